The minimum Gasteiger partial charge on any atom is -0.373 e. The van der Waals surface area contributed by atoms with Crippen molar-refractivity contribution in [1.29, 1.82) is 0 Å². The summed E-state index contributed by atoms with van der Waals surface area (Å²) in [5.74, 6) is -0.00786. The van der Waals surface area contributed by atoms with E-state index in [0.717, 1.165) is 23.4 Å². The molecule has 0 radical (unpaired) electrons. The highest BCUT2D eigenvalue weighted by molar-refractivity contribution is 5.94. The van der Waals surface area contributed by atoms with Gasteiger partial charge in [-0.25, -0.2) is 0 Å². The van der Waals surface area contributed by atoms with E-state index in [9.17, 15) is 4.79 Å². The van der Waals surface area contributed by atoms with E-state index in [1.54, 1.807) is 9.36 Å². The topological polar surface area (TPSA) is 68.4 Å². The second kappa shape index (κ2) is 7.20. The molecule has 3 rings (SSSR count). The van der Waals surface area contributed by atoms with Gasteiger partial charge in [-0.15, -0.1) is 0 Å². The zero-order valence-corrected chi connectivity index (χ0v) is 16.4. The predicted molar refractivity (Wildman–Crippen MR) is 98.0 cm³/mol. The van der Waals surface area contributed by atoms with Crippen LogP contribution in [0.4, 0.5) is 0 Å². The molecule has 8 heteroatoms. The average molecular weight is 360 g/mol. The number of rotatable bonds is 4. The summed E-state index contributed by atoms with van der Waals surface area (Å²) >= 11 is 0. The Morgan fingerprint density at radius 1 is 1.35 bits per heavy atom. The summed E-state index contributed by atoms with van der Waals surface area (Å²) in [5.41, 5.74) is 3.44. The van der Waals surface area contributed by atoms with Crippen LogP contribution in [0.2, 0.25) is 0 Å². The van der Waals surface area contributed by atoms with Crippen LogP contribution in [0.3, 0.4) is 0 Å². The van der Waals surface area contributed by atoms with Crippen LogP contribution in [0.25, 0.3) is 0 Å². The lowest BCUT2D eigenvalue weighted by Gasteiger charge is -2.41. The van der Waals surface area contributed by atoms with E-state index in [2.05, 4.69) is 15.1 Å². The zero-order chi connectivity index (χ0) is 19.0. The molecule has 0 spiro atoms. The van der Waals surface area contributed by atoms with Crippen molar-refractivity contribution < 1.29 is 9.53 Å². The average Bonchev–Trinajstić information content (AvgIpc) is 3.09. The molecule has 0 aromatic carbocycles. The van der Waals surface area contributed by atoms with Gasteiger partial charge in [0.2, 0.25) is 0 Å². The van der Waals surface area contributed by atoms with Gasteiger partial charge in [0.15, 0.2) is 0 Å². The molecule has 1 aliphatic rings. The number of ether oxygens (including phenoxy) is 1. The molecule has 0 bridgehead atoms. The molecule has 2 aromatic rings. The highest BCUT2D eigenvalue weighted by Crippen LogP contribution is 2.31. The van der Waals surface area contributed by atoms with Crippen molar-refractivity contribution in [3.05, 3.63) is 34.9 Å². The summed E-state index contributed by atoms with van der Waals surface area (Å²) in [6.45, 7) is 5.68. The van der Waals surface area contributed by atoms with Gasteiger partial charge in [0.1, 0.15) is 5.69 Å². The van der Waals surface area contributed by atoms with E-state index in [1.807, 2.05) is 59.3 Å². The van der Waals surface area contributed by atoms with Crippen LogP contribution >= 0.6 is 0 Å². The fraction of sp³-hybridized carbons (Fsp3) is 0.611. The summed E-state index contributed by atoms with van der Waals surface area (Å²) in [7, 11) is 7.73. The maximum atomic E-state index is 13.4. The second-order valence-corrected chi connectivity index (χ2v) is 7.24. The van der Waals surface area contributed by atoms with Crippen molar-refractivity contribution in [2.45, 2.75) is 26.0 Å². The number of hydrogen-bond donors (Lipinski definition) is 0. The van der Waals surface area contributed by atoms with Gasteiger partial charge in [-0.1, -0.05) is 0 Å². The van der Waals surface area contributed by atoms with E-state index in [0.29, 0.717) is 18.8 Å². The molecule has 3 heterocycles. The molecule has 0 N–H and O–H groups in total. The van der Waals surface area contributed by atoms with Gasteiger partial charge in [-0.05, 0) is 27.9 Å². The van der Waals surface area contributed by atoms with Crippen molar-refractivity contribution in [1.82, 2.24) is 29.4 Å². The number of aryl methyl sites for hydroxylation is 3. The highest BCUT2D eigenvalue weighted by atomic mass is 16.5. The molecule has 1 fully saturated rings. The fourth-order valence-corrected chi connectivity index (χ4v) is 3.66. The summed E-state index contributed by atoms with van der Waals surface area (Å²) in [6.07, 6.45) is 3.68. The van der Waals surface area contributed by atoms with Crippen molar-refractivity contribution in [3.8, 4) is 0 Å². The van der Waals surface area contributed by atoms with Gasteiger partial charge in [-0.3, -0.25) is 14.2 Å². The second-order valence-electron chi connectivity index (χ2n) is 7.24. The molecule has 8 nitrogen and oxygen atoms in total. The van der Waals surface area contributed by atoms with Gasteiger partial charge in [0.05, 0.1) is 30.6 Å². The van der Waals surface area contributed by atoms with Crippen molar-refractivity contribution in [3.63, 3.8) is 0 Å². The van der Waals surface area contributed by atoms with E-state index in [4.69, 9.17) is 4.74 Å². The molecule has 0 saturated carbocycles. The van der Waals surface area contributed by atoms with Crippen molar-refractivity contribution in [2.75, 3.05) is 33.8 Å². The minimum absolute atomic E-state index is 0.00786. The first-order chi connectivity index (χ1) is 12.3. The van der Waals surface area contributed by atoms with E-state index < -0.39 is 0 Å². The van der Waals surface area contributed by atoms with E-state index in [1.165, 1.54) is 0 Å². The Hall–Kier alpha value is -2.19. The van der Waals surface area contributed by atoms with Crippen molar-refractivity contribution >= 4 is 5.91 Å². The third-order valence-electron chi connectivity index (χ3n) is 4.95. The summed E-state index contributed by atoms with van der Waals surface area (Å²) in [5, 5.41) is 8.71. The van der Waals surface area contributed by atoms with Crippen LogP contribution in [0.1, 0.15) is 33.4 Å². The molecule has 1 saturated heterocycles. The van der Waals surface area contributed by atoms with Gasteiger partial charge >= 0.3 is 0 Å². The number of carbonyl (C=O) groups is 1. The zero-order valence-electron chi connectivity index (χ0n) is 16.4. The van der Waals surface area contributed by atoms with Crippen LogP contribution in [0, 0.1) is 13.8 Å². The lowest BCUT2D eigenvalue weighted by Crippen LogP contribution is -2.51. The molecule has 2 aromatic heterocycles. The Morgan fingerprint density at radius 3 is 2.62 bits per heavy atom. The van der Waals surface area contributed by atoms with Gasteiger partial charge in [-0.2, -0.15) is 10.2 Å². The third kappa shape index (κ3) is 3.39. The number of morpholine rings is 1. The van der Waals surface area contributed by atoms with Gasteiger partial charge in [0.25, 0.3) is 5.91 Å². The Balaban J connectivity index is 2.00. The Morgan fingerprint density at radius 2 is 2.08 bits per heavy atom. The van der Waals surface area contributed by atoms with Crippen molar-refractivity contribution in [2.24, 2.45) is 14.1 Å². The lowest BCUT2D eigenvalue weighted by molar-refractivity contribution is -0.0687. The van der Waals surface area contributed by atoms with Gasteiger partial charge < -0.3 is 14.5 Å². The standard InChI is InChI=1S/C18H28N6O2/c1-12-13(2)20-23(6)16(12)18(25)24-7-8-26-15(11-21(3)4)17(24)14-9-19-22(5)10-14/h9-10,15,17H,7-8,11H2,1-6H3/t15-,17-/m0/s1. The normalized spacial score (nSPS) is 20.8. The van der Waals surface area contributed by atoms with Crippen LogP contribution in [0.5, 0.6) is 0 Å². The highest BCUT2D eigenvalue weighted by Gasteiger charge is 2.39. The molecular formula is C18H28N6O2. The first-order valence-electron chi connectivity index (χ1n) is 8.85. The first kappa shape index (κ1) is 18.6. The molecule has 0 aliphatic carbocycles. The maximum Gasteiger partial charge on any atom is 0.273 e. The SMILES string of the molecule is Cc1nn(C)c(C(=O)N2CCO[C@@H](CN(C)C)[C@@H]2c2cnn(C)c2)c1C. The molecule has 1 amide bonds. The number of nitrogens with zero attached hydrogens (tertiary/aromatic N) is 6. The molecule has 1 aliphatic heterocycles. The third-order valence-corrected chi connectivity index (χ3v) is 4.95. The Labute approximate surface area is 154 Å². The summed E-state index contributed by atoms with van der Waals surface area (Å²) in [4.78, 5) is 17.4. The monoisotopic (exact) mass is 360 g/mol. The van der Waals surface area contributed by atoms with E-state index in [-0.39, 0.29) is 18.1 Å². The van der Waals surface area contributed by atoms with E-state index >= 15 is 0 Å². The maximum absolute atomic E-state index is 13.4. The summed E-state index contributed by atoms with van der Waals surface area (Å²) < 4.78 is 9.50. The summed E-state index contributed by atoms with van der Waals surface area (Å²) in [6, 6.07) is -0.179. The number of aromatic nitrogens is 4. The number of likely N-dealkylation sites (N-methyl/N-ethyl adjacent to an activating group) is 1. The number of hydrogen-bond acceptors (Lipinski definition) is 5. The smallest absolute Gasteiger partial charge is 0.273 e. The quantitative estimate of drug-likeness (QED) is 0.811. The van der Waals surface area contributed by atoms with Crippen LogP contribution in [0.15, 0.2) is 12.4 Å². The molecular weight excluding hydrogens is 332 g/mol. The van der Waals surface area contributed by atoms with Crippen LogP contribution in [-0.2, 0) is 18.8 Å². The van der Waals surface area contributed by atoms with Crippen LogP contribution in [-0.4, -0.2) is 75.2 Å². The fourth-order valence-electron chi connectivity index (χ4n) is 3.66. The Bertz CT molecular complexity index is 794. The molecule has 26 heavy (non-hydrogen) atoms. The molecule has 142 valence electrons. The first-order valence-corrected chi connectivity index (χ1v) is 8.85. The van der Waals surface area contributed by atoms with Gasteiger partial charge in [0, 0.05) is 44.5 Å². The van der Waals surface area contributed by atoms with Crippen LogP contribution < -0.4 is 0 Å². The number of amides is 1. The minimum atomic E-state index is -0.179. The Kier molecular flexibility index (Phi) is 5.15. The molecule has 0 unspecified atom stereocenters. The largest absolute Gasteiger partial charge is 0.373 e. The number of carbonyl (C=O) groups excluding carboxylic acids is 1. The molecule has 2 atom stereocenters. The lowest BCUT2D eigenvalue weighted by atomic mass is 9.99. The predicted octanol–water partition coefficient (Wildman–Crippen LogP) is 0.914.